The van der Waals surface area contributed by atoms with Crippen molar-refractivity contribution in [3.8, 4) is 17.2 Å². The van der Waals surface area contributed by atoms with E-state index in [0.717, 1.165) is 0 Å². The third-order valence-electron chi connectivity index (χ3n) is 4.45. The van der Waals surface area contributed by atoms with Crippen LogP contribution >= 0.6 is 11.6 Å². The third-order valence-corrected chi connectivity index (χ3v) is 4.73. The maximum Gasteiger partial charge on any atom is 0.262 e. The zero-order valence-corrected chi connectivity index (χ0v) is 15.7. The van der Waals surface area contributed by atoms with Crippen LogP contribution in [0, 0.1) is 0 Å². The number of halogens is 1. The Balaban J connectivity index is 1.59. The van der Waals surface area contributed by atoms with Gasteiger partial charge in [-0.25, -0.2) is 0 Å². The van der Waals surface area contributed by atoms with Gasteiger partial charge in [-0.3, -0.25) is 9.59 Å². The maximum absolute atomic E-state index is 12.9. The fourth-order valence-electron chi connectivity index (χ4n) is 3.08. The summed E-state index contributed by atoms with van der Waals surface area (Å²) in [7, 11) is 1.53. The molecule has 0 bridgehead atoms. The van der Waals surface area contributed by atoms with Gasteiger partial charge in [-0.2, -0.15) is 0 Å². The van der Waals surface area contributed by atoms with Gasteiger partial charge in [0.05, 0.1) is 17.3 Å². The Morgan fingerprint density at radius 3 is 2.86 bits per heavy atom. The average Bonchev–Trinajstić information content (AvgIpc) is 3.20. The van der Waals surface area contributed by atoms with E-state index < -0.39 is 6.10 Å². The quantitative estimate of drug-likeness (QED) is 0.801. The summed E-state index contributed by atoms with van der Waals surface area (Å²) >= 11 is 6.18. The highest BCUT2D eigenvalue weighted by Crippen LogP contribution is 2.40. The van der Waals surface area contributed by atoms with Crippen molar-refractivity contribution in [1.29, 1.82) is 0 Å². The second kappa shape index (κ2) is 7.44. The Morgan fingerprint density at radius 2 is 2.04 bits per heavy atom. The van der Waals surface area contributed by atoms with E-state index in [0.29, 0.717) is 33.5 Å². The first-order valence-corrected chi connectivity index (χ1v) is 9.00. The second-order valence-corrected chi connectivity index (χ2v) is 6.61. The van der Waals surface area contributed by atoms with E-state index in [9.17, 15) is 9.59 Å². The first-order valence-electron chi connectivity index (χ1n) is 8.63. The highest BCUT2D eigenvalue weighted by Gasteiger charge is 2.32. The number of hydrogen-bond donors (Lipinski definition) is 1. The van der Waals surface area contributed by atoms with E-state index in [4.69, 9.17) is 25.8 Å². The molecule has 2 aromatic rings. The Bertz CT molecular complexity index is 975. The number of para-hydroxylation sites is 2. The summed E-state index contributed by atoms with van der Waals surface area (Å²) in [6.45, 7) is 0.231. The molecule has 1 N–H and O–H groups in total. The Kier molecular flexibility index (Phi) is 4.83. The van der Waals surface area contributed by atoms with E-state index in [1.54, 1.807) is 36.4 Å². The van der Waals surface area contributed by atoms with Crippen LogP contribution in [0.25, 0.3) is 6.08 Å². The molecule has 8 heteroatoms. The Labute approximate surface area is 166 Å². The summed E-state index contributed by atoms with van der Waals surface area (Å²) in [5.74, 6) is 0.948. The van der Waals surface area contributed by atoms with Crippen LogP contribution in [0.2, 0.25) is 5.02 Å². The van der Waals surface area contributed by atoms with Gasteiger partial charge in [0.15, 0.2) is 17.6 Å². The number of carbonyl (C=O) groups excluding carboxylic acids is 2. The third kappa shape index (κ3) is 3.36. The zero-order valence-electron chi connectivity index (χ0n) is 15.0. The number of anilines is 1. The summed E-state index contributed by atoms with van der Waals surface area (Å²) in [5, 5.41) is 2.97. The Morgan fingerprint density at radius 1 is 1.21 bits per heavy atom. The molecule has 28 heavy (non-hydrogen) atoms. The summed E-state index contributed by atoms with van der Waals surface area (Å²) < 4.78 is 16.3. The minimum atomic E-state index is -0.780. The fourth-order valence-corrected chi connectivity index (χ4v) is 3.36. The molecule has 2 aliphatic rings. The lowest BCUT2D eigenvalue weighted by molar-refractivity contribution is -0.127. The molecule has 4 rings (SSSR count). The van der Waals surface area contributed by atoms with Gasteiger partial charge in [-0.05, 0) is 35.9 Å². The molecule has 0 aliphatic carbocycles. The lowest BCUT2D eigenvalue weighted by Gasteiger charge is -2.33. The van der Waals surface area contributed by atoms with Crippen LogP contribution in [0.3, 0.4) is 0 Å². The van der Waals surface area contributed by atoms with E-state index >= 15 is 0 Å². The van der Waals surface area contributed by atoms with Gasteiger partial charge in [0.25, 0.3) is 11.8 Å². The first kappa shape index (κ1) is 18.2. The van der Waals surface area contributed by atoms with Crippen molar-refractivity contribution in [3.63, 3.8) is 0 Å². The van der Waals surface area contributed by atoms with Crippen LogP contribution in [-0.4, -0.2) is 38.3 Å². The van der Waals surface area contributed by atoms with Crippen molar-refractivity contribution in [2.45, 2.75) is 6.10 Å². The standard InChI is InChI=1S/C20H17ClN2O5/c1-22-20(25)17-10-23(14-4-2-3-5-15(14)28-17)18(24)7-6-12-8-13(21)19-16(9-12)26-11-27-19/h2-9,17H,10-11H2,1H3,(H,22,25)/b7-6+/t17-/m1/s1. The average molecular weight is 401 g/mol. The van der Waals surface area contributed by atoms with Crippen molar-refractivity contribution in [1.82, 2.24) is 5.32 Å². The second-order valence-electron chi connectivity index (χ2n) is 6.21. The van der Waals surface area contributed by atoms with Crippen LogP contribution < -0.4 is 24.4 Å². The molecule has 0 saturated carbocycles. The molecule has 7 nitrogen and oxygen atoms in total. The van der Waals surface area contributed by atoms with Crippen LogP contribution in [0.15, 0.2) is 42.5 Å². The lowest BCUT2D eigenvalue weighted by Crippen LogP contribution is -2.49. The number of benzene rings is 2. The van der Waals surface area contributed by atoms with Gasteiger partial charge in [0.2, 0.25) is 6.79 Å². The molecule has 0 radical (unpaired) electrons. The molecule has 2 aliphatic heterocycles. The minimum Gasteiger partial charge on any atom is -0.477 e. The van der Waals surface area contributed by atoms with Crippen molar-refractivity contribution in [3.05, 3.63) is 53.1 Å². The van der Waals surface area contributed by atoms with E-state index in [1.165, 1.54) is 18.0 Å². The molecule has 0 spiro atoms. The van der Waals surface area contributed by atoms with Gasteiger partial charge in [0.1, 0.15) is 5.75 Å². The van der Waals surface area contributed by atoms with Crippen LogP contribution in [0.1, 0.15) is 5.56 Å². The number of fused-ring (bicyclic) bond motifs is 2. The normalized spacial score (nSPS) is 17.2. The minimum absolute atomic E-state index is 0.113. The molecule has 144 valence electrons. The van der Waals surface area contributed by atoms with E-state index in [2.05, 4.69) is 5.32 Å². The van der Waals surface area contributed by atoms with Crippen LogP contribution in [0.4, 0.5) is 5.69 Å². The molecule has 0 saturated heterocycles. The van der Waals surface area contributed by atoms with Gasteiger partial charge in [-0.1, -0.05) is 23.7 Å². The molecular weight excluding hydrogens is 384 g/mol. The summed E-state index contributed by atoms with van der Waals surface area (Å²) in [6, 6.07) is 10.5. The highest BCUT2D eigenvalue weighted by molar-refractivity contribution is 6.32. The smallest absolute Gasteiger partial charge is 0.262 e. The molecule has 2 aromatic carbocycles. The van der Waals surface area contributed by atoms with Crippen molar-refractivity contribution in [2.75, 3.05) is 25.3 Å². The molecular formula is C20H17ClN2O5. The van der Waals surface area contributed by atoms with Gasteiger partial charge in [-0.15, -0.1) is 0 Å². The molecule has 2 heterocycles. The SMILES string of the molecule is CNC(=O)[C@H]1CN(C(=O)/C=C/c2cc(Cl)c3c(c2)OCO3)c2ccccc2O1. The molecule has 2 amide bonds. The summed E-state index contributed by atoms with van der Waals surface area (Å²) in [4.78, 5) is 26.4. The topological polar surface area (TPSA) is 77.1 Å². The summed E-state index contributed by atoms with van der Waals surface area (Å²) in [5.41, 5.74) is 1.31. The van der Waals surface area contributed by atoms with Crippen molar-refractivity contribution in [2.24, 2.45) is 0 Å². The molecule has 1 atom stereocenters. The monoisotopic (exact) mass is 400 g/mol. The number of nitrogens with zero attached hydrogens (tertiary/aromatic N) is 1. The van der Waals surface area contributed by atoms with Crippen molar-refractivity contribution < 1.29 is 23.8 Å². The van der Waals surface area contributed by atoms with Gasteiger partial charge in [0, 0.05) is 13.1 Å². The van der Waals surface area contributed by atoms with Gasteiger partial charge >= 0.3 is 0 Å². The number of rotatable bonds is 3. The highest BCUT2D eigenvalue weighted by atomic mass is 35.5. The van der Waals surface area contributed by atoms with E-state index in [1.807, 2.05) is 6.07 Å². The number of carbonyl (C=O) groups is 2. The van der Waals surface area contributed by atoms with Crippen LogP contribution in [0.5, 0.6) is 17.2 Å². The number of hydrogen-bond acceptors (Lipinski definition) is 5. The predicted molar refractivity (Wildman–Crippen MR) is 104 cm³/mol. The van der Waals surface area contributed by atoms with Crippen molar-refractivity contribution >= 4 is 35.2 Å². The first-order chi connectivity index (χ1) is 13.6. The fraction of sp³-hybridized carbons (Fsp3) is 0.200. The maximum atomic E-state index is 12.9. The van der Waals surface area contributed by atoms with E-state index in [-0.39, 0.29) is 25.2 Å². The molecule has 0 fully saturated rings. The zero-order chi connectivity index (χ0) is 19.7. The predicted octanol–water partition coefficient (Wildman–Crippen LogP) is 2.62. The number of amides is 2. The Hall–Kier alpha value is -3.19. The number of ether oxygens (including phenoxy) is 3. The largest absolute Gasteiger partial charge is 0.477 e. The molecule has 0 aromatic heterocycles. The molecule has 0 unspecified atom stereocenters. The number of nitrogens with one attached hydrogen (secondary N) is 1. The van der Waals surface area contributed by atoms with Crippen LogP contribution in [-0.2, 0) is 9.59 Å². The van der Waals surface area contributed by atoms with Gasteiger partial charge < -0.3 is 24.4 Å². The number of likely N-dealkylation sites (N-methyl/N-ethyl adjacent to an activating group) is 1. The summed E-state index contributed by atoms with van der Waals surface area (Å²) in [6.07, 6.45) is 2.29. The lowest BCUT2D eigenvalue weighted by atomic mass is 10.1.